The molecule has 268 valence electrons. The molecule has 3 aromatic rings. The third-order valence-electron chi connectivity index (χ3n) is 12.0. The Kier molecular flexibility index (Phi) is 9.16. The van der Waals surface area contributed by atoms with Crippen molar-refractivity contribution in [1.82, 2.24) is 24.6 Å². The van der Waals surface area contributed by atoms with E-state index in [1.165, 1.54) is 16.0 Å². The minimum atomic E-state index is -0.464. The van der Waals surface area contributed by atoms with Gasteiger partial charge < -0.3 is 19.5 Å². The number of amides is 2. The van der Waals surface area contributed by atoms with Gasteiger partial charge in [-0.25, -0.2) is 9.78 Å². The molecule has 50 heavy (non-hydrogen) atoms. The van der Waals surface area contributed by atoms with Crippen molar-refractivity contribution in [2.24, 2.45) is 11.3 Å². The number of anilines is 1. The molecule has 11 heteroatoms. The second-order valence-electron chi connectivity index (χ2n) is 16.4. The normalized spacial score (nSPS) is 26.7. The first-order valence-corrected chi connectivity index (χ1v) is 18.3. The summed E-state index contributed by atoms with van der Waals surface area (Å²) in [6.45, 7) is 9.70. The number of carbonyl (C=O) groups is 2. The van der Waals surface area contributed by atoms with Crippen molar-refractivity contribution < 1.29 is 24.2 Å². The Labute approximate surface area is 295 Å². The van der Waals surface area contributed by atoms with E-state index >= 15 is 0 Å². The summed E-state index contributed by atoms with van der Waals surface area (Å²) in [6, 6.07) is 6.68. The van der Waals surface area contributed by atoms with Gasteiger partial charge in [-0.05, 0) is 120 Å². The number of methoxy groups -OCH3 is 1. The lowest BCUT2D eigenvalue weighted by atomic mass is 9.51. The second-order valence-corrected chi connectivity index (χ2v) is 16.4. The van der Waals surface area contributed by atoms with Crippen LogP contribution in [0.15, 0.2) is 43.0 Å². The van der Waals surface area contributed by atoms with Crippen LogP contribution in [-0.2, 0) is 20.5 Å². The van der Waals surface area contributed by atoms with Gasteiger partial charge in [-0.3, -0.25) is 19.4 Å². The zero-order chi connectivity index (χ0) is 35.3. The molecule has 2 bridgehead atoms. The number of ether oxygens (including phenoxy) is 2. The maximum Gasteiger partial charge on any atom is 0.410 e. The van der Waals surface area contributed by atoms with E-state index < -0.39 is 6.10 Å². The summed E-state index contributed by atoms with van der Waals surface area (Å²) in [6.07, 6.45) is 15.3. The molecule has 3 heterocycles. The Bertz CT molecular complexity index is 1690. The molecule has 0 atom stereocenters. The summed E-state index contributed by atoms with van der Waals surface area (Å²) in [5.41, 5.74) is 4.17. The fraction of sp³-hybridized carbons (Fsp3) is 0.615. The zero-order valence-electron chi connectivity index (χ0n) is 30.2. The molecule has 1 aromatic carbocycles. The van der Waals surface area contributed by atoms with Crippen LogP contribution >= 0.6 is 0 Å². The third-order valence-corrected chi connectivity index (χ3v) is 12.0. The van der Waals surface area contributed by atoms with Crippen LogP contribution in [0, 0.1) is 18.3 Å². The van der Waals surface area contributed by atoms with Gasteiger partial charge in [0.15, 0.2) is 5.82 Å². The molecular formula is C39H52N6O5. The van der Waals surface area contributed by atoms with Gasteiger partial charge in [0.2, 0.25) is 5.91 Å². The number of hydrogen-bond donors (Lipinski definition) is 1. The summed E-state index contributed by atoms with van der Waals surface area (Å²) in [7, 11) is 1.73. The Morgan fingerprint density at radius 2 is 1.70 bits per heavy atom. The highest BCUT2D eigenvalue weighted by Gasteiger charge is 2.51. The number of nitrogens with zero attached hydrogens (tertiary/aromatic N) is 6. The Hall–Kier alpha value is -3.99. The maximum atomic E-state index is 14.6. The highest BCUT2D eigenvalue weighted by Crippen LogP contribution is 2.58. The van der Waals surface area contributed by atoms with E-state index in [1.807, 2.05) is 22.0 Å². The van der Waals surface area contributed by atoms with Crippen molar-refractivity contribution in [3.05, 3.63) is 54.1 Å². The van der Waals surface area contributed by atoms with Crippen LogP contribution in [0.4, 0.5) is 10.6 Å². The number of fused-ring (bicyclic) bond motifs is 3. The highest BCUT2D eigenvalue weighted by atomic mass is 16.6. The second kappa shape index (κ2) is 13.3. The summed E-state index contributed by atoms with van der Waals surface area (Å²) in [5.74, 6) is 1.41. The van der Waals surface area contributed by atoms with Crippen molar-refractivity contribution in [3.63, 3.8) is 0 Å². The summed E-state index contributed by atoms with van der Waals surface area (Å²) in [4.78, 5) is 40.3. The largest absolute Gasteiger partial charge is 0.496 e. The van der Waals surface area contributed by atoms with Crippen molar-refractivity contribution in [2.45, 2.75) is 115 Å². The predicted octanol–water partition coefficient (Wildman–Crippen LogP) is 6.41. The number of hydrogen-bond acceptors (Lipinski definition) is 8. The molecule has 5 fully saturated rings. The Balaban J connectivity index is 1.10. The summed E-state index contributed by atoms with van der Waals surface area (Å²) >= 11 is 0. The van der Waals surface area contributed by atoms with Crippen LogP contribution in [0.5, 0.6) is 5.75 Å². The van der Waals surface area contributed by atoms with E-state index in [0.717, 1.165) is 49.8 Å². The SMILES string of the molecule is COc1ccc(C23CCC(CN(C(=O)C4CCC(OC(=O)N5CC(O)C5)CC4)c4cncc(-c5cnn(C(C)(C)C)c5)n4)(CC2)CC3)cc1C. The standard InChI is InChI=1S/C39H52N6O5/c1-26-18-29(8-11-33(26)49-5)39-15-12-38(13-16-39,14-17-39)25-44(34-21-40-20-32(42-34)28-19-41-45(22-28)37(2,3)4)35(47)27-6-9-31(10-7-27)50-36(48)43-23-30(46)24-43/h8,11,18-22,27,30-31,46H,6-7,9-10,12-17,23-25H2,1-5H3. The molecule has 1 saturated heterocycles. The predicted molar refractivity (Wildman–Crippen MR) is 190 cm³/mol. The summed E-state index contributed by atoms with van der Waals surface area (Å²) in [5, 5.41) is 14.1. The van der Waals surface area contributed by atoms with Crippen LogP contribution in [-0.4, -0.2) is 80.7 Å². The number of β-amino-alcohol motifs (C(OH)–C–C–N with tert-alkyl or cyclic N) is 1. The molecule has 1 N–H and O–H groups in total. The van der Waals surface area contributed by atoms with E-state index in [-0.39, 0.29) is 40.4 Å². The molecular weight excluding hydrogens is 632 g/mol. The molecule has 0 spiro atoms. The average molecular weight is 685 g/mol. The fourth-order valence-electron chi connectivity index (χ4n) is 8.67. The van der Waals surface area contributed by atoms with Gasteiger partial charge in [-0.2, -0.15) is 5.10 Å². The quantitative estimate of drug-likeness (QED) is 0.289. The maximum absolute atomic E-state index is 14.6. The van der Waals surface area contributed by atoms with Crippen LogP contribution in [0.1, 0.15) is 96.1 Å². The first-order chi connectivity index (χ1) is 23.9. The number of rotatable bonds is 8. The number of aryl methyl sites for hydroxylation is 1. The molecule has 2 amide bonds. The molecule has 8 rings (SSSR count). The van der Waals surface area contributed by atoms with E-state index in [2.05, 4.69) is 56.0 Å². The van der Waals surface area contributed by atoms with Crippen LogP contribution in [0.3, 0.4) is 0 Å². The third kappa shape index (κ3) is 6.73. The van der Waals surface area contributed by atoms with Gasteiger partial charge in [0.1, 0.15) is 11.9 Å². The average Bonchev–Trinajstić information content (AvgIpc) is 3.62. The molecule has 11 nitrogen and oxygen atoms in total. The van der Waals surface area contributed by atoms with E-state index in [0.29, 0.717) is 56.8 Å². The van der Waals surface area contributed by atoms with Gasteiger partial charge >= 0.3 is 6.09 Å². The first kappa shape index (κ1) is 34.5. The van der Waals surface area contributed by atoms with Crippen molar-refractivity contribution >= 4 is 17.8 Å². The van der Waals surface area contributed by atoms with Gasteiger partial charge in [0.05, 0.1) is 56.1 Å². The first-order valence-electron chi connectivity index (χ1n) is 18.3. The van der Waals surface area contributed by atoms with Gasteiger partial charge in [-0.15, -0.1) is 0 Å². The number of likely N-dealkylation sites (tertiary alicyclic amines) is 1. The number of carbonyl (C=O) groups excluding carboxylic acids is 2. The topological polar surface area (TPSA) is 123 Å². The van der Waals surface area contributed by atoms with E-state index in [9.17, 15) is 14.7 Å². The van der Waals surface area contributed by atoms with Crippen molar-refractivity contribution in [3.8, 4) is 17.0 Å². The molecule has 2 aromatic heterocycles. The van der Waals surface area contributed by atoms with E-state index in [4.69, 9.17) is 14.5 Å². The lowest BCUT2D eigenvalue weighted by molar-refractivity contribution is -0.124. The number of benzene rings is 1. The zero-order valence-corrected chi connectivity index (χ0v) is 30.2. The summed E-state index contributed by atoms with van der Waals surface area (Å²) < 4.78 is 13.2. The Morgan fingerprint density at radius 1 is 1.00 bits per heavy atom. The van der Waals surface area contributed by atoms with Gasteiger partial charge in [-0.1, -0.05) is 12.1 Å². The van der Waals surface area contributed by atoms with Crippen LogP contribution in [0.2, 0.25) is 0 Å². The minimum Gasteiger partial charge on any atom is -0.496 e. The van der Waals surface area contributed by atoms with Crippen LogP contribution < -0.4 is 9.64 Å². The molecule has 4 aliphatic carbocycles. The lowest BCUT2D eigenvalue weighted by Crippen LogP contribution is -2.54. The lowest BCUT2D eigenvalue weighted by Gasteiger charge is -2.55. The number of aromatic nitrogens is 4. The fourth-order valence-corrected chi connectivity index (χ4v) is 8.67. The molecule has 4 saturated carbocycles. The molecule has 1 aliphatic heterocycles. The molecule has 0 unspecified atom stereocenters. The monoisotopic (exact) mass is 684 g/mol. The Morgan fingerprint density at radius 3 is 2.30 bits per heavy atom. The molecule has 5 aliphatic rings. The smallest absolute Gasteiger partial charge is 0.410 e. The molecule has 0 radical (unpaired) electrons. The number of aliphatic hydroxyl groups excluding tert-OH is 1. The van der Waals surface area contributed by atoms with Crippen molar-refractivity contribution in [2.75, 3.05) is 31.6 Å². The van der Waals surface area contributed by atoms with Gasteiger partial charge in [0.25, 0.3) is 0 Å². The number of aliphatic hydroxyl groups is 1. The van der Waals surface area contributed by atoms with E-state index in [1.54, 1.807) is 19.5 Å². The van der Waals surface area contributed by atoms with Crippen LogP contribution in [0.25, 0.3) is 11.3 Å². The van der Waals surface area contributed by atoms with Gasteiger partial charge in [0, 0.05) is 24.2 Å². The highest BCUT2D eigenvalue weighted by molar-refractivity contribution is 5.94. The van der Waals surface area contributed by atoms with Crippen molar-refractivity contribution in [1.29, 1.82) is 0 Å². The minimum absolute atomic E-state index is 0.0161.